The number of rotatable bonds is 1. The van der Waals surface area contributed by atoms with E-state index in [1.54, 1.807) is 6.34 Å². The van der Waals surface area contributed by atoms with Crippen molar-refractivity contribution in [1.29, 1.82) is 0 Å². The quantitative estimate of drug-likeness (QED) is 0.570. The maximum atomic E-state index is 4.38. The highest BCUT2D eigenvalue weighted by molar-refractivity contribution is 5.76. The Balaban J connectivity index is 3.09. The molecule has 0 amide bonds. The van der Waals surface area contributed by atoms with E-state index in [4.69, 9.17) is 0 Å². The van der Waals surface area contributed by atoms with Gasteiger partial charge in [0.2, 0.25) is 0 Å². The molecule has 1 rings (SSSR count). The Kier molecular flexibility index (Phi) is 3.25. The van der Waals surface area contributed by atoms with E-state index in [1.165, 1.54) is 5.57 Å². The summed E-state index contributed by atoms with van der Waals surface area (Å²) in [6, 6.07) is 0. The molecular weight excluding hydrogens is 172 g/mol. The Labute approximate surface area is 86.8 Å². The van der Waals surface area contributed by atoms with E-state index >= 15 is 0 Å². The molecule has 0 aromatic heterocycles. The Hall–Kier alpha value is -0.920. The standard InChI is InChI=1S/C12H20N2/c1-9(2)11-6-12(4,5)14-8-13-7-10(11)3/h6-10H,1-5H3/b11-6-,13-7?,14-8?. The number of allylic oxidation sites excluding steroid dienone is 1. The molecule has 78 valence electrons. The Morgan fingerprint density at radius 2 is 2.00 bits per heavy atom. The van der Waals surface area contributed by atoms with Crippen LogP contribution >= 0.6 is 0 Å². The van der Waals surface area contributed by atoms with E-state index in [0.29, 0.717) is 11.8 Å². The van der Waals surface area contributed by atoms with Crippen LogP contribution < -0.4 is 0 Å². The number of aliphatic imine (C=N–C) groups is 2. The summed E-state index contributed by atoms with van der Waals surface area (Å²) in [5.74, 6) is 0.977. The molecule has 0 N–H and O–H groups in total. The number of nitrogens with zero attached hydrogens (tertiary/aromatic N) is 2. The lowest BCUT2D eigenvalue weighted by atomic mass is 9.87. The molecule has 1 heterocycles. The van der Waals surface area contributed by atoms with E-state index in [1.807, 2.05) is 6.21 Å². The van der Waals surface area contributed by atoms with Crippen molar-refractivity contribution in [2.75, 3.05) is 0 Å². The summed E-state index contributed by atoms with van der Waals surface area (Å²) in [5.41, 5.74) is 1.31. The van der Waals surface area contributed by atoms with Gasteiger partial charge in [0, 0.05) is 12.1 Å². The van der Waals surface area contributed by atoms with Crippen LogP contribution in [0.25, 0.3) is 0 Å². The first-order chi connectivity index (χ1) is 6.42. The lowest BCUT2D eigenvalue weighted by molar-refractivity contribution is 0.609. The van der Waals surface area contributed by atoms with Gasteiger partial charge in [0.25, 0.3) is 0 Å². The molecule has 0 aliphatic carbocycles. The first-order valence-electron chi connectivity index (χ1n) is 5.22. The van der Waals surface area contributed by atoms with Gasteiger partial charge in [-0.2, -0.15) is 0 Å². The highest BCUT2D eigenvalue weighted by Crippen LogP contribution is 2.24. The van der Waals surface area contributed by atoms with Crippen LogP contribution in [0, 0.1) is 11.8 Å². The monoisotopic (exact) mass is 192 g/mol. The predicted octanol–water partition coefficient (Wildman–Crippen LogP) is 3.10. The van der Waals surface area contributed by atoms with Gasteiger partial charge in [0.15, 0.2) is 0 Å². The summed E-state index contributed by atoms with van der Waals surface area (Å²) in [6.45, 7) is 10.8. The molecule has 0 bridgehead atoms. The van der Waals surface area contributed by atoms with Crippen molar-refractivity contribution in [3.8, 4) is 0 Å². The van der Waals surface area contributed by atoms with Crippen molar-refractivity contribution in [1.82, 2.24) is 0 Å². The van der Waals surface area contributed by atoms with Crippen LogP contribution in [0.4, 0.5) is 0 Å². The lowest BCUT2D eigenvalue weighted by Crippen LogP contribution is -2.19. The molecule has 1 unspecified atom stereocenters. The zero-order valence-corrected chi connectivity index (χ0v) is 9.78. The second-order valence-corrected chi connectivity index (χ2v) is 4.78. The Morgan fingerprint density at radius 1 is 1.36 bits per heavy atom. The van der Waals surface area contributed by atoms with Gasteiger partial charge in [-0.15, -0.1) is 0 Å². The van der Waals surface area contributed by atoms with E-state index in [0.717, 1.165) is 0 Å². The fraction of sp³-hybridized carbons (Fsp3) is 0.667. The molecule has 0 fully saturated rings. The topological polar surface area (TPSA) is 24.7 Å². The van der Waals surface area contributed by atoms with Crippen LogP contribution in [-0.4, -0.2) is 18.1 Å². The van der Waals surface area contributed by atoms with Gasteiger partial charge in [-0.25, -0.2) is 4.99 Å². The minimum Gasteiger partial charge on any atom is -0.263 e. The molecule has 0 aromatic rings. The molecule has 0 aromatic carbocycles. The molecule has 1 aliphatic rings. The summed E-state index contributed by atoms with van der Waals surface area (Å²) >= 11 is 0. The molecule has 1 aliphatic heterocycles. The summed E-state index contributed by atoms with van der Waals surface area (Å²) in [5, 5.41) is 0. The minimum absolute atomic E-state index is 0.119. The molecule has 2 nitrogen and oxygen atoms in total. The predicted molar refractivity (Wildman–Crippen MR) is 63.1 cm³/mol. The van der Waals surface area contributed by atoms with Gasteiger partial charge < -0.3 is 0 Å². The normalized spacial score (nSPS) is 29.6. The van der Waals surface area contributed by atoms with Crippen LogP contribution in [0.15, 0.2) is 21.6 Å². The highest BCUT2D eigenvalue weighted by atomic mass is 14.9. The van der Waals surface area contributed by atoms with Crippen molar-refractivity contribution in [2.24, 2.45) is 21.8 Å². The zero-order valence-electron chi connectivity index (χ0n) is 9.78. The van der Waals surface area contributed by atoms with Crippen LogP contribution in [0.3, 0.4) is 0 Å². The highest BCUT2D eigenvalue weighted by Gasteiger charge is 2.19. The van der Waals surface area contributed by atoms with Crippen molar-refractivity contribution in [3.63, 3.8) is 0 Å². The van der Waals surface area contributed by atoms with Gasteiger partial charge in [-0.05, 0) is 19.8 Å². The molecule has 0 saturated heterocycles. The fourth-order valence-electron chi connectivity index (χ4n) is 1.70. The molecule has 14 heavy (non-hydrogen) atoms. The second kappa shape index (κ2) is 4.07. The molecule has 0 radical (unpaired) electrons. The maximum Gasteiger partial charge on any atom is 0.110 e. The third-order valence-corrected chi connectivity index (χ3v) is 2.48. The van der Waals surface area contributed by atoms with Gasteiger partial charge in [0.05, 0.1) is 5.54 Å². The maximum absolute atomic E-state index is 4.38. The van der Waals surface area contributed by atoms with E-state index in [-0.39, 0.29) is 5.54 Å². The SMILES string of the molecule is CC(C)/C1=C/C(C)(C)N=CN=CC1C. The van der Waals surface area contributed by atoms with Crippen LogP contribution in [0.5, 0.6) is 0 Å². The van der Waals surface area contributed by atoms with Gasteiger partial charge >= 0.3 is 0 Å². The third kappa shape index (κ3) is 2.79. The molecular formula is C12H20N2. The molecule has 0 saturated carbocycles. The molecule has 1 atom stereocenters. The molecule has 0 spiro atoms. The van der Waals surface area contributed by atoms with Gasteiger partial charge in [-0.3, -0.25) is 4.99 Å². The Bertz CT molecular complexity index is 283. The smallest absolute Gasteiger partial charge is 0.110 e. The largest absolute Gasteiger partial charge is 0.263 e. The lowest BCUT2D eigenvalue weighted by Gasteiger charge is -2.23. The van der Waals surface area contributed by atoms with Crippen LogP contribution in [0.2, 0.25) is 0 Å². The summed E-state index contributed by atoms with van der Waals surface area (Å²) in [6.07, 6.45) is 5.89. The van der Waals surface area contributed by atoms with Crippen LogP contribution in [0.1, 0.15) is 34.6 Å². The van der Waals surface area contributed by atoms with Crippen molar-refractivity contribution < 1.29 is 0 Å². The number of hydrogen-bond acceptors (Lipinski definition) is 2. The van der Waals surface area contributed by atoms with Crippen LogP contribution in [-0.2, 0) is 0 Å². The first-order valence-corrected chi connectivity index (χ1v) is 5.22. The summed E-state index contributed by atoms with van der Waals surface area (Å²) < 4.78 is 0. The average Bonchev–Trinajstić information content (AvgIpc) is 2.06. The minimum atomic E-state index is -0.119. The van der Waals surface area contributed by atoms with Crippen molar-refractivity contribution in [3.05, 3.63) is 11.6 Å². The number of hydrogen-bond donors (Lipinski definition) is 0. The van der Waals surface area contributed by atoms with E-state index < -0.39 is 0 Å². The third-order valence-electron chi connectivity index (χ3n) is 2.48. The van der Waals surface area contributed by atoms with E-state index in [2.05, 4.69) is 50.7 Å². The van der Waals surface area contributed by atoms with Crippen molar-refractivity contribution >= 4 is 12.6 Å². The van der Waals surface area contributed by atoms with Gasteiger partial charge in [-0.1, -0.05) is 32.4 Å². The van der Waals surface area contributed by atoms with E-state index in [9.17, 15) is 0 Å². The molecule has 2 heteroatoms. The van der Waals surface area contributed by atoms with Gasteiger partial charge in [0.1, 0.15) is 6.34 Å². The van der Waals surface area contributed by atoms with Crippen molar-refractivity contribution in [2.45, 2.75) is 40.2 Å². The Morgan fingerprint density at radius 3 is 2.57 bits per heavy atom. The first kappa shape index (κ1) is 11.2. The summed E-state index contributed by atoms with van der Waals surface area (Å²) in [4.78, 5) is 8.57. The summed E-state index contributed by atoms with van der Waals surface area (Å²) in [7, 11) is 0. The average molecular weight is 192 g/mol. The zero-order chi connectivity index (χ0) is 10.8. The second-order valence-electron chi connectivity index (χ2n) is 4.78. The fourth-order valence-corrected chi connectivity index (χ4v) is 1.70.